The van der Waals surface area contributed by atoms with Crippen molar-refractivity contribution in [2.24, 2.45) is 5.16 Å². The lowest BCUT2D eigenvalue weighted by Gasteiger charge is -2.34. The molecule has 8 heteroatoms. The van der Waals surface area contributed by atoms with E-state index in [1.807, 2.05) is 0 Å². The number of ether oxygens (including phenoxy) is 1. The highest BCUT2D eigenvalue weighted by Crippen LogP contribution is 2.39. The predicted octanol–water partition coefficient (Wildman–Crippen LogP) is 0.660. The molecule has 1 unspecified atom stereocenters. The lowest BCUT2D eigenvalue weighted by atomic mass is 9.83. The Morgan fingerprint density at radius 2 is 2.39 bits per heavy atom. The van der Waals surface area contributed by atoms with Crippen molar-refractivity contribution >= 4 is 49.3 Å². The molecule has 0 aromatic heterocycles. The fourth-order valence-electron chi connectivity index (χ4n) is 1.82. The van der Waals surface area contributed by atoms with Gasteiger partial charge < -0.3 is 14.7 Å². The second kappa shape index (κ2) is 4.75. The van der Waals surface area contributed by atoms with Crippen molar-refractivity contribution in [3.05, 3.63) is 10.6 Å². The Morgan fingerprint density at radius 3 is 3.00 bits per heavy atom. The zero-order chi connectivity index (χ0) is 13.5. The van der Waals surface area contributed by atoms with Gasteiger partial charge in [-0.25, -0.2) is 4.79 Å². The van der Waals surface area contributed by atoms with Crippen LogP contribution in [0.5, 0.6) is 0 Å². The average Bonchev–Trinajstić information content (AvgIpc) is 2.78. The van der Waals surface area contributed by atoms with E-state index in [0.29, 0.717) is 0 Å². The lowest BCUT2D eigenvalue weighted by Crippen LogP contribution is -2.52. The number of aliphatic hydroxyl groups is 1. The first-order chi connectivity index (χ1) is 8.41. The lowest BCUT2D eigenvalue weighted by molar-refractivity contribution is -0.132. The summed E-state index contributed by atoms with van der Waals surface area (Å²) in [6.45, 7) is 0. The van der Waals surface area contributed by atoms with Crippen molar-refractivity contribution in [1.82, 2.24) is 0 Å². The fraction of sp³-hybridized carbons (Fsp3) is 0.500. The Morgan fingerprint density at radius 1 is 1.72 bits per heavy atom. The van der Waals surface area contributed by atoms with Gasteiger partial charge in [0.1, 0.15) is 10.9 Å². The molecule has 1 spiro atoms. The summed E-state index contributed by atoms with van der Waals surface area (Å²) in [7, 11) is 1.23. The SMILES string of the molecule is COC(=O)C1=NO[C@]2(C=C(Br)C(=O)C(Br)[C@@H]2O)C1. The van der Waals surface area contributed by atoms with Crippen molar-refractivity contribution in [2.75, 3.05) is 7.11 Å². The van der Waals surface area contributed by atoms with Crippen molar-refractivity contribution in [3.63, 3.8) is 0 Å². The number of carbonyl (C=O) groups is 2. The molecule has 0 amide bonds. The second-order valence-corrected chi connectivity index (χ2v) is 5.80. The summed E-state index contributed by atoms with van der Waals surface area (Å²) in [5.74, 6) is -0.908. The highest BCUT2D eigenvalue weighted by Gasteiger charge is 2.53. The summed E-state index contributed by atoms with van der Waals surface area (Å²) in [5.41, 5.74) is -1.15. The van der Waals surface area contributed by atoms with Gasteiger partial charge in [-0.05, 0) is 22.0 Å². The van der Waals surface area contributed by atoms with Gasteiger partial charge in [0, 0.05) is 6.42 Å². The number of methoxy groups -OCH3 is 1. The van der Waals surface area contributed by atoms with E-state index in [0.717, 1.165) is 0 Å². The predicted molar refractivity (Wildman–Crippen MR) is 68.6 cm³/mol. The number of esters is 1. The van der Waals surface area contributed by atoms with Gasteiger partial charge in [0.2, 0.25) is 0 Å². The zero-order valence-electron chi connectivity index (χ0n) is 9.22. The third kappa shape index (κ3) is 2.02. The number of aliphatic hydroxyl groups excluding tert-OH is 1. The molecule has 6 nitrogen and oxygen atoms in total. The van der Waals surface area contributed by atoms with Crippen LogP contribution < -0.4 is 0 Å². The number of hydrogen-bond donors (Lipinski definition) is 1. The molecule has 2 rings (SSSR count). The van der Waals surface area contributed by atoms with E-state index in [9.17, 15) is 14.7 Å². The number of hydrogen-bond acceptors (Lipinski definition) is 6. The smallest absolute Gasteiger partial charge is 0.356 e. The van der Waals surface area contributed by atoms with Crippen LogP contribution in [0, 0.1) is 0 Å². The van der Waals surface area contributed by atoms with E-state index >= 15 is 0 Å². The second-order valence-electron chi connectivity index (χ2n) is 3.96. The van der Waals surface area contributed by atoms with Crippen molar-refractivity contribution in [1.29, 1.82) is 0 Å². The Hall–Kier alpha value is -0.730. The number of ketones is 1. The molecule has 0 saturated heterocycles. The molecule has 0 aromatic carbocycles. The Balaban J connectivity index is 2.30. The van der Waals surface area contributed by atoms with E-state index in [1.54, 1.807) is 0 Å². The van der Waals surface area contributed by atoms with Gasteiger partial charge in [0.05, 0.1) is 11.6 Å². The Bertz CT molecular complexity index is 475. The number of oxime groups is 1. The summed E-state index contributed by atoms with van der Waals surface area (Å²) in [4.78, 5) is 27.3. The van der Waals surface area contributed by atoms with E-state index in [2.05, 4.69) is 41.8 Å². The van der Waals surface area contributed by atoms with Crippen molar-refractivity contribution in [2.45, 2.75) is 23.0 Å². The molecule has 0 saturated carbocycles. The van der Waals surface area contributed by atoms with Gasteiger partial charge in [-0.15, -0.1) is 0 Å². The number of rotatable bonds is 1. The summed E-state index contributed by atoms with van der Waals surface area (Å²) < 4.78 is 4.81. The standard InChI is InChI=1S/C10H9Br2NO5/c1-17-9(16)5-3-10(18-13-5)2-4(11)7(14)6(12)8(10)15/h2,6,8,15H,3H2,1H3/t6?,8-,10+/m0/s1. The maximum absolute atomic E-state index is 11.6. The number of nitrogens with zero attached hydrogens (tertiary/aromatic N) is 1. The van der Waals surface area contributed by atoms with Crippen LogP contribution in [0.4, 0.5) is 0 Å². The molecule has 1 aliphatic carbocycles. The summed E-state index contributed by atoms with van der Waals surface area (Å²) in [6.07, 6.45) is 0.333. The third-order valence-corrected chi connectivity index (χ3v) is 4.36. The molecule has 0 aromatic rings. The monoisotopic (exact) mass is 381 g/mol. The summed E-state index contributed by atoms with van der Waals surface area (Å²) in [5, 5.41) is 13.7. The minimum Gasteiger partial charge on any atom is -0.464 e. The molecule has 2 aliphatic rings. The highest BCUT2D eigenvalue weighted by molar-refractivity contribution is 9.12. The molecule has 18 heavy (non-hydrogen) atoms. The topological polar surface area (TPSA) is 85.2 Å². The summed E-state index contributed by atoms with van der Waals surface area (Å²) >= 11 is 6.21. The van der Waals surface area contributed by atoms with Gasteiger partial charge in [0.25, 0.3) is 0 Å². The molecule has 1 heterocycles. The van der Waals surface area contributed by atoms with E-state index in [-0.39, 0.29) is 22.4 Å². The number of Topliss-reactive ketones (excluding diaryl/α,β-unsaturated/α-hetero) is 1. The van der Waals surface area contributed by atoms with Crippen LogP contribution in [0.15, 0.2) is 15.7 Å². The fourth-order valence-corrected chi connectivity index (χ4v) is 3.46. The third-order valence-electron chi connectivity index (χ3n) is 2.83. The Kier molecular flexibility index (Phi) is 3.61. The van der Waals surface area contributed by atoms with Gasteiger partial charge >= 0.3 is 5.97 Å². The summed E-state index contributed by atoms with van der Waals surface area (Å²) in [6, 6.07) is 0. The van der Waals surface area contributed by atoms with Crippen LogP contribution in [0.3, 0.4) is 0 Å². The van der Waals surface area contributed by atoms with Crippen LogP contribution in [0.25, 0.3) is 0 Å². The van der Waals surface area contributed by atoms with Crippen molar-refractivity contribution < 1.29 is 24.3 Å². The molecular weight excluding hydrogens is 374 g/mol. The zero-order valence-corrected chi connectivity index (χ0v) is 12.4. The minimum atomic E-state index is -1.22. The molecule has 0 fully saturated rings. The van der Waals surface area contributed by atoms with Gasteiger partial charge in [-0.3, -0.25) is 4.79 Å². The van der Waals surface area contributed by atoms with Crippen LogP contribution in [-0.4, -0.2) is 46.2 Å². The Labute approximate surface area is 119 Å². The molecular formula is C10H9Br2NO5. The first kappa shape index (κ1) is 13.7. The minimum absolute atomic E-state index is 0.0469. The number of allylic oxidation sites excluding steroid dienone is 1. The first-order valence-electron chi connectivity index (χ1n) is 4.99. The number of carbonyl (C=O) groups excluding carboxylic acids is 2. The van der Waals surface area contributed by atoms with Crippen LogP contribution in [0.2, 0.25) is 0 Å². The van der Waals surface area contributed by atoms with Crippen molar-refractivity contribution in [3.8, 4) is 0 Å². The van der Waals surface area contributed by atoms with Crippen LogP contribution in [0.1, 0.15) is 6.42 Å². The molecule has 1 aliphatic heterocycles. The van der Waals surface area contributed by atoms with E-state index in [4.69, 9.17) is 4.84 Å². The molecule has 1 N–H and O–H groups in total. The molecule has 98 valence electrons. The van der Waals surface area contributed by atoms with Gasteiger partial charge in [-0.2, -0.15) is 0 Å². The molecule has 0 bridgehead atoms. The maximum Gasteiger partial charge on any atom is 0.356 e. The quantitative estimate of drug-likeness (QED) is 0.532. The maximum atomic E-state index is 11.6. The molecule has 0 radical (unpaired) electrons. The average molecular weight is 383 g/mol. The normalized spacial score (nSPS) is 35.0. The van der Waals surface area contributed by atoms with E-state index in [1.165, 1.54) is 13.2 Å². The largest absolute Gasteiger partial charge is 0.464 e. The highest BCUT2D eigenvalue weighted by atomic mass is 79.9. The van der Waals surface area contributed by atoms with Crippen LogP contribution >= 0.6 is 31.9 Å². The number of halogens is 2. The van der Waals surface area contributed by atoms with Crippen LogP contribution in [-0.2, 0) is 19.2 Å². The number of alkyl halides is 1. The van der Waals surface area contributed by atoms with Gasteiger partial charge in [-0.1, -0.05) is 21.1 Å². The van der Waals surface area contributed by atoms with E-state index < -0.39 is 22.5 Å². The van der Waals surface area contributed by atoms with Gasteiger partial charge in [0.15, 0.2) is 17.1 Å². The molecule has 3 atom stereocenters. The first-order valence-corrected chi connectivity index (χ1v) is 6.70.